The van der Waals surface area contributed by atoms with Crippen LogP contribution in [0, 0.1) is 16.0 Å². The minimum absolute atomic E-state index is 0.0748. The van der Waals surface area contributed by atoms with Crippen LogP contribution in [0.15, 0.2) is 18.2 Å². The van der Waals surface area contributed by atoms with Crippen LogP contribution in [-0.4, -0.2) is 39.8 Å². The van der Waals surface area contributed by atoms with E-state index in [-0.39, 0.29) is 17.3 Å². The number of nitrogens with two attached hydrogens (primary N) is 1. The van der Waals surface area contributed by atoms with Crippen molar-refractivity contribution in [1.82, 2.24) is 4.90 Å². The summed E-state index contributed by atoms with van der Waals surface area (Å²) in [6, 6.07) is 4.24. The molecular weight excluding hydrogens is 290 g/mol. The molecule has 1 atom stereocenters. The highest BCUT2D eigenvalue weighted by molar-refractivity contribution is 8.00. The van der Waals surface area contributed by atoms with E-state index >= 15 is 0 Å². The summed E-state index contributed by atoms with van der Waals surface area (Å²) in [5, 5.41) is 11.3. The van der Waals surface area contributed by atoms with Crippen LogP contribution in [0.2, 0.25) is 0 Å². The summed E-state index contributed by atoms with van der Waals surface area (Å²) < 4.78 is 0. The van der Waals surface area contributed by atoms with Gasteiger partial charge < -0.3 is 10.6 Å². The third-order valence-corrected chi connectivity index (χ3v) is 5.14. The molecule has 2 rings (SSSR count). The zero-order valence-electron chi connectivity index (χ0n) is 12.1. The largest absolute Gasteiger partial charge is 0.393 e. The Bertz CT molecular complexity index is 562. The van der Waals surface area contributed by atoms with Crippen LogP contribution >= 0.6 is 11.8 Å². The normalized spacial score (nSPS) is 18.8. The Morgan fingerprint density at radius 2 is 2.24 bits per heavy atom. The third kappa shape index (κ3) is 3.47. The first-order chi connectivity index (χ1) is 9.90. The monoisotopic (exact) mass is 309 g/mol. The second kappa shape index (κ2) is 6.34. The van der Waals surface area contributed by atoms with E-state index in [1.165, 1.54) is 12.1 Å². The molecule has 0 spiro atoms. The molecule has 1 heterocycles. The van der Waals surface area contributed by atoms with E-state index in [2.05, 4.69) is 13.8 Å². The number of hydrogen-bond donors (Lipinski definition) is 1. The van der Waals surface area contributed by atoms with E-state index in [1.807, 2.05) is 11.8 Å². The van der Waals surface area contributed by atoms with Gasteiger partial charge in [0.05, 0.1) is 4.92 Å². The van der Waals surface area contributed by atoms with Crippen molar-refractivity contribution in [3.05, 3.63) is 33.9 Å². The van der Waals surface area contributed by atoms with Crippen molar-refractivity contribution in [1.29, 1.82) is 0 Å². The predicted molar refractivity (Wildman–Crippen MR) is 84.5 cm³/mol. The maximum absolute atomic E-state index is 12.5. The predicted octanol–water partition coefficient (Wildman–Crippen LogP) is 2.39. The van der Waals surface area contributed by atoms with Gasteiger partial charge in [-0.1, -0.05) is 13.8 Å². The number of nitrogen functional groups attached to an aromatic ring is 1. The lowest BCUT2D eigenvalue weighted by molar-refractivity contribution is -0.383. The molecule has 6 nitrogen and oxygen atoms in total. The summed E-state index contributed by atoms with van der Waals surface area (Å²) in [7, 11) is 0. The highest BCUT2D eigenvalue weighted by Gasteiger charge is 2.27. The molecule has 1 amide bonds. The van der Waals surface area contributed by atoms with E-state index in [0.717, 1.165) is 5.75 Å². The molecule has 0 unspecified atom stereocenters. The molecule has 1 aromatic carbocycles. The van der Waals surface area contributed by atoms with Gasteiger partial charge in [0.15, 0.2) is 0 Å². The van der Waals surface area contributed by atoms with Crippen molar-refractivity contribution >= 4 is 29.0 Å². The van der Waals surface area contributed by atoms with Crippen LogP contribution < -0.4 is 5.73 Å². The van der Waals surface area contributed by atoms with Crippen molar-refractivity contribution in [2.75, 3.05) is 24.6 Å². The molecule has 1 aliphatic heterocycles. The smallest absolute Gasteiger partial charge is 0.292 e. The topological polar surface area (TPSA) is 89.5 Å². The second-order valence-electron chi connectivity index (χ2n) is 5.44. The number of carbonyl (C=O) groups excluding carboxylic acids is 1. The summed E-state index contributed by atoms with van der Waals surface area (Å²) >= 11 is 1.88. The quantitative estimate of drug-likeness (QED) is 0.526. The zero-order valence-corrected chi connectivity index (χ0v) is 12.9. The number of nitrogens with zero attached hydrogens (tertiary/aromatic N) is 2. The van der Waals surface area contributed by atoms with Crippen molar-refractivity contribution in [2.45, 2.75) is 19.1 Å². The van der Waals surface area contributed by atoms with Crippen LogP contribution in [0.4, 0.5) is 11.4 Å². The molecule has 1 saturated heterocycles. The summed E-state index contributed by atoms with van der Waals surface area (Å²) in [5.74, 6) is 1.22. The van der Waals surface area contributed by atoms with Crippen molar-refractivity contribution in [2.24, 2.45) is 5.92 Å². The van der Waals surface area contributed by atoms with Crippen LogP contribution in [0.1, 0.15) is 24.2 Å². The molecule has 0 aliphatic carbocycles. The van der Waals surface area contributed by atoms with Gasteiger partial charge in [-0.05, 0) is 18.1 Å². The number of amides is 1. The molecule has 21 heavy (non-hydrogen) atoms. The van der Waals surface area contributed by atoms with Crippen LogP contribution in [0.5, 0.6) is 0 Å². The molecule has 2 N–H and O–H groups in total. The van der Waals surface area contributed by atoms with Gasteiger partial charge in [-0.3, -0.25) is 14.9 Å². The maximum atomic E-state index is 12.5. The fourth-order valence-electron chi connectivity index (χ4n) is 2.28. The Morgan fingerprint density at radius 3 is 2.86 bits per heavy atom. The Hall–Kier alpha value is -1.76. The first kappa shape index (κ1) is 15.6. The molecule has 114 valence electrons. The van der Waals surface area contributed by atoms with Gasteiger partial charge in [0.1, 0.15) is 5.69 Å². The van der Waals surface area contributed by atoms with Crippen molar-refractivity contribution < 1.29 is 9.72 Å². The lowest BCUT2D eigenvalue weighted by Crippen LogP contribution is -2.43. The summed E-state index contributed by atoms with van der Waals surface area (Å²) in [6.07, 6.45) is 0. The molecule has 1 aliphatic rings. The number of thioether (sulfide) groups is 1. The Kier molecular flexibility index (Phi) is 4.72. The number of rotatable bonds is 3. The first-order valence-corrected chi connectivity index (χ1v) is 7.90. The van der Waals surface area contributed by atoms with E-state index in [4.69, 9.17) is 5.73 Å². The van der Waals surface area contributed by atoms with Gasteiger partial charge >= 0.3 is 0 Å². The third-order valence-electron chi connectivity index (χ3n) is 3.60. The summed E-state index contributed by atoms with van der Waals surface area (Å²) in [5.41, 5.74) is 5.74. The first-order valence-electron chi connectivity index (χ1n) is 6.85. The minimum Gasteiger partial charge on any atom is -0.393 e. The molecule has 0 saturated carbocycles. The van der Waals surface area contributed by atoms with Crippen molar-refractivity contribution in [3.63, 3.8) is 0 Å². The Balaban J connectivity index is 2.20. The number of nitro groups is 1. The second-order valence-corrected chi connectivity index (χ2v) is 6.78. The van der Waals surface area contributed by atoms with Gasteiger partial charge in [-0.25, -0.2) is 0 Å². The number of carbonyl (C=O) groups is 1. The Morgan fingerprint density at radius 1 is 1.52 bits per heavy atom. The molecule has 1 aromatic rings. The van der Waals surface area contributed by atoms with Gasteiger partial charge in [-0.2, -0.15) is 11.8 Å². The van der Waals surface area contributed by atoms with Gasteiger partial charge in [0.25, 0.3) is 11.6 Å². The lowest BCUT2D eigenvalue weighted by atomic mass is 10.1. The standard InChI is InChI=1S/C14H19N3O3S/c1-9(2)13-8-16(5-6-21-13)14(18)10-3-4-11(15)12(7-10)17(19)20/h3-4,7,9,13H,5-6,8,15H2,1-2H3/t13-/m1/s1. The molecule has 7 heteroatoms. The van der Waals surface area contributed by atoms with E-state index in [0.29, 0.717) is 29.8 Å². The minimum atomic E-state index is -0.560. The van der Waals surface area contributed by atoms with E-state index in [1.54, 1.807) is 11.0 Å². The number of nitro benzene ring substituents is 1. The summed E-state index contributed by atoms with van der Waals surface area (Å²) in [4.78, 5) is 24.6. The lowest BCUT2D eigenvalue weighted by Gasteiger charge is -2.34. The molecule has 1 fully saturated rings. The average molecular weight is 309 g/mol. The Labute approximate surface area is 127 Å². The van der Waals surface area contributed by atoms with Gasteiger partial charge in [0.2, 0.25) is 0 Å². The highest BCUT2D eigenvalue weighted by Crippen LogP contribution is 2.27. The molecule has 0 aromatic heterocycles. The molecule has 0 bridgehead atoms. The fraction of sp³-hybridized carbons (Fsp3) is 0.500. The maximum Gasteiger partial charge on any atom is 0.292 e. The van der Waals surface area contributed by atoms with Gasteiger partial charge in [-0.15, -0.1) is 0 Å². The van der Waals surface area contributed by atoms with Crippen molar-refractivity contribution in [3.8, 4) is 0 Å². The van der Waals surface area contributed by atoms with Gasteiger partial charge in [0, 0.05) is 35.7 Å². The van der Waals surface area contributed by atoms with E-state index in [9.17, 15) is 14.9 Å². The summed E-state index contributed by atoms with van der Waals surface area (Å²) in [6.45, 7) is 5.63. The fourth-order valence-corrected chi connectivity index (χ4v) is 3.58. The zero-order chi connectivity index (χ0) is 15.6. The average Bonchev–Trinajstić information content (AvgIpc) is 2.46. The SMILES string of the molecule is CC(C)[C@H]1CN(C(=O)c2ccc(N)c([N+](=O)[O-])c2)CCS1. The highest BCUT2D eigenvalue weighted by atomic mass is 32.2. The van der Waals surface area contributed by atoms with Crippen LogP contribution in [0.25, 0.3) is 0 Å². The molecular formula is C14H19N3O3S. The van der Waals surface area contributed by atoms with Crippen LogP contribution in [-0.2, 0) is 0 Å². The van der Waals surface area contributed by atoms with Crippen LogP contribution in [0.3, 0.4) is 0 Å². The number of hydrogen-bond acceptors (Lipinski definition) is 5. The number of anilines is 1. The van der Waals surface area contributed by atoms with E-state index < -0.39 is 4.92 Å². The molecule has 0 radical (unpaired) electrons. The number of benzene rings is 1.